The van der Waals surface area contributed by atoms with Crippen molar-refractivity contribution in [1.29, 1.82) is 0 Å². The van der Waals surface area contributed by atoms with Crippen LogP contribution in [0.3, 0.4) is 0 Å². The Kier molecular flexibility index (Phi) is 2.63. The zero-order chi connectivity index (χ0) is 11.7. The Morgan fingerprint density at radius 3 is 2.53 bits per heavy atom. The van der Waals surface area contributed by atoms with E-state index in [9.17, 15) is 5.11 Å². The topological polar surface area (TPSA) is 23.5 Å². The molecule has 0 saturated carbocycles. The van der Waals surface area contributed by atoms with E-state index < -0.39 is 0 Å². The standard InChI is InChI=1S/C15H17NO/c17-13-10-12-6-2-3-7-14(12)15(11-13)16-8-4-1-5-9-16/h2-3,6-7,10-11,17H,1,4-5,8-9H2. The minimum atomic E-state index is 0.365. The number of phenolic OH excluding ortho intramolecular Hbond substituents is 1. The van der Waals surface area contributed by atoms with Crippen LogP contribution in [0.1, 0.15) is 19.3 Å². The second-order valence-corrected chi connectivity index (χ2v) is 4.73. The van der Waals surface area contributed by atoms with Gasteiger partial charge in [-0.2, -0.15) is 0 Å². The van der Waals surface area contributed by atoms with Gasteiger partial charge in [-0.3, -0.25) is 0 Å². The van der Waals surface area contributed by atoms with Gasteiger partial charge in [0.15, 0.2) is 0 Å². The molecule has 2 aromatic carbocycles. The summed E-state index contributed by atoms with van der Waals surface area (Å²) in [5.41, 5.74) is 1.18. The molecule has 2 heteroatoms. The van der Waals surface area contributed by atoms with Crippen LogP contribution in [0.4, 0.5) is 5.69 Å². The lowest BCUT2D eigenvalue weighted by Gasteiger charge is -2.30. The molecular formula is C15H17NO. The molecule has 0 amide bonds. The van der Waals surface area contributed by atoms with E-state index in [4.69, 9.17) is 0 Å². The van der Waals surface area contributed by atoms with Gasteiger partial charge in [-0.05, 0) is 30.7 Å². The maximum atomic E-state index is 9.82. The van der Waals surface area contributed by atoms with Crippen molar-refractivity contribution in [2.45, 2.75) is 19.3 Å². The highest BCUT2D eigenvalue weighted by Crippen LogP contribution is 2.32. The lowest BCUT2D eigenvalue weighted by atomic mass is 10.0. The number of phenols is 1. The number of hydrogen-bond acceptors (Lipinski definition) is 2. The Bertz CT molecular complexity index is 529. The van der Waals surface area contributed by atoms with E-state index in [0.29, 0.717) is 5.75 Å². The van der Waals surface area contributed by atoms with Gasteiger partial charge in [0.05, 0.1) is 0 Å². The van der Waals surface area contributed by atoms with Crippen LogP contribution in [-0.2, 0) is 0 Å². The van der Waals surface area contributed by atoms with E-state index in [0.717, 1.165) is 18.5 Å². The maximum absolute atomic E-state index is 9.82. The summed E-state index contributed by atoms with van der Waals surface area (Å²) in [7, 11) is 0. The van der Waals surface area contributed by atoms with Crippen LogP contribution in [0.25, 0.3) is 10.8 Å². The Balaban J connectivity index is 2.13. The van der Waals surface area contributed by atoms with Crippen molar-refractivity contribution < 1.29 is 5.11 Å². The molecule has 0 spiro atoms. The molecule has 0 radical (unpaired) electrons. The molecule has 1 aliphatic rings. The normalized spacial score (nSPS) is 16.4. The summed E-state index contributed by atoms with van der Waals surface area (Å²) in [5.74, 6) is 0.365. The Morgan fingerprint density at radius 1 is 0.941 bits per heavy atom. The summed E-state index contributed by atoms with van der Waals surface area (Å²) in [6.07, 6.45) is 3.83. The van der Waals surface area contributed by atoms with Gasteiger partial charge in [-0.15, -0.1) is 0 Å². The summed E-state index contributed by atoms with van der Waals surface area (Å²) in [5, 5.41) is 12.2. The van der Waals surface area contributed by atoms with Crippen molar-refractivity contribution in [3.63, 3.8) is 0 Å². The molecular weight excluding hydrogens is 210 g/mol. The third-order valence-electron chi connectivity index (χ3n) is 3.52. The number of hydrogen-bond donors (Lipinski definition) is 1. The van der Waals surface area contributed by atoms with Gasteiger partial charge in [0.1, 0.15) is 5.75 Å². The second-order valence-electron chi connectivity index (χ2n) is 4.73. The number of anilines is 1. The highest BCUT2D eigenvalue weighted by molar-refractivity contribution is 5.95. The van der Waals surface area contributed by atoms with Gasteiger partial charge in [-0.1, -0.05) is 24.3 Å². The van der Waals surface area contributed by atoms with E-state index in [1.54, 1.807) is 0 Å². The van der Waals surface area contributed by atoms with E-state index in [1.807, 2.05) is 18.2 Å². The SMILES string of the molecule is Oc1cc(N2CCCCC2)c2ccccc2c1. The van der Waals surface area contributed by atoms with Crippen LogP contribution in [0.2, 0.25) is 0 Å². The monoisotopic (exact) mass is 227 g/mol. The van der Waals surface area contributed by atoms with Crippen molar-refractivity contribution in [2.24, 2.45) is 0 Å². The summed E-state index contributed by atoms with van der Waals surface area (Å²) >= 11 is 0. The lowest BCUT2D eigenvalue weighted by molar-refractivity contribution is 0.475. The van der Waals surface area contributed by atoms with Crippen molar-refractivity contribution in [1.82, 2.24) is 0 Å². The molecule has 1 fully saturated rings. The van der Waals surface area contributed by atoms with E-state index >= 15 is 0 Å². The molecule has 1 aliphatic heterocycles. The van der Waals surface area contributed by atoms with Gasteiger partial charge >= 0.3 is 0 Å². The first kappa shape index (κ1) is 10.5. The summed E-state index contributed by atoms with van der Waals surface area (Å²) in [6, 6.07) is 12.0. The first-order chi connectivity index (χ1) is 8.34. The molecule has 0 aromatic heterocycles. The zero-order valence-electron chi connectivity index (χ0n) is 9.89. The molecule has 1 saturated heterocycles. The Morgan fingerprint density at radius 2 is 1.71 bits per heavy atom. The number of fused-ring (bicyclic) bond motifs is 1. The van der Waals surface area contributed by atoms with E-state index in [-0.39, 0.29) is 0 Å². The summed E-state index contributed by atoms with van der Waals surface area (Å²) < 4.78 is 0. The number of piperidine rings is 1. The smallest absolute Gasteiger partial charge is 0.118 e. The molecule has 1 N–H and O–H groups in total. The third kappa shape index (κ3) is 1.95. The minimum Gasteiger partial charge on any atom is -0.508 e. The van der Waals surface area contributed by atoms with Crippen LogP contribution < -0.4 is 4.90 Å². The molecule has 0 unspecified atom stereocenters. The molecule has 0 aliphatic carbocycles. The van der Waals surface area contributed by atoms with Gasteiger partial charge < -0.3 is 10.0 Å². The van der Waals surface area contributed by atoms with Crippen LogP contribution >= 0.6 is 0 Å². The molecule has 0 bridgehead atoms. The average molecular weight is 227 g/mol. The quantitative estimate of drug-likeness (QED) is 0.805. The first-order valence-corrected chi connectivity index (χ1v) is 6.31. The van der Waals surface area contributed by atoms with Crippen molar-refractivity contribution in [3.8, 4) is 5.75 Å². The van der Waals surface area contributed by atoms with E-state index in [2.05, 4.69) is 23.1 Å². The number of nitrogens with zero attached hydrogens (tertiary/aromatic N) is 1. The second kappa shape index (κ2) is 4.28. The van der Waals surface area contributed by atoms with Gasteiger partial charge in [-0.25, -0.2) is 0 Å². The fourth-order valence-corrected chi connectivity index (χ4v) is 2.67. The lowest BCUT2D eigenvalue weighted by Crippen LogP contribution is -2.29. The van der Waals surface area contributed by atoms with Crippen molar-refractivity contribution in [3.05, 3.63) is 36.4 Å². The fourth-order valence-electron chi connectivity index (χ4n) is 2.67. The van der Waals surface area contributed by atoms with Crippen LogP contribution in [0, 0.1) is 0 Å². The third-order valence-corrected chi connectivity index (χ3v) is 3.52. The predicted octanol–water partition coefficient (Wildman–Crippen LogP) is 3.54. The van der Waals surface area contributed by atoms with E-state index in [1.165, 1.54) is 30.3 Å². The van der Waals surface area contributed by atoms with Crippen molar-refractivity contribution in [2.75, 3.05) is 18.0 Å². The average Bonchev–Trinajstić information content (AvgIpc) is 2.39. The Hall–Kier alpha value is -1.70. The van der Waals surface area contributed by atoms with Gasteiger partial charge in [0, 0.05) is 30.2 Å². The fraction of sp³-hybridized carbons (Fsp3) is 0.333. The molecule has 1 heterocycles. The van der Waals surface area contributed by atoms with Crippen LogP contribution in [0.5, 0.6) is 5.75 Å². The molecule has 0 atom stereocenters. The molecule has 2 aromatic rings. The highest BCUT2D eigenvalue weighted by atomic mass is 16.3. The van der Waals surface area contributed by atoms with Gasteiger partial charge in [0.25, 0.3) is 0 Å². The number of benzene rings is 2. The molecule has 88 valence electrons. The van der Waals surface area contributed by atoms with Crippen LogP contribution in [-0.4, -0.2) is 18.2 Å². The summed E-state index contributed by atoms with van der Waals surface area (Å²) in [4.78, 5) is 2.39. The maximum Gasteiger partial charge on any atom is 0.118 e. The molecule has 3 rings (SSSR count). The predicted molar refractivity (Wildman–Crippen MR) is 71.7 cm³/mol. The van der Waals surface area contributed by atoms with Crippen LogP contribution in [0.15, 0.2) is 36.4 Å². The van der Waals surface area contributed by atoms with Gasteiger partial charge in [0.2, 0.25) is 0 Å². The highest BCUT2D eigenvalue weighted by Gasteiger charge is 2.14. The number of aromatic hydroxyl groups is 1. The molecule has 17 heavy (non-hydrogen) atoms. The first-order valence-electron chi connectivity index (χ1n) is 6.31. The largest absolute Gasteiger partial charge is 0.508 e. The number of rotatable bonds is 1. The summed E-state index contributed by atoms with van der Waals surface area (Å²) in [6.45, 7) is 2.21. The zero-order valence-corrected chi connectivity index (χ0v) is 9.89. The minimum absolute atomic E-state index is 0.365. The van der Waals surface area contributed by atoms with Crippen molar-refractivity contribution >= 4 is 16.5 Å². The molecule has 2 nitrogen and oxygen atoms in total. The Labute approximate surface area is 101 Å².